The highest BCUT2D eigenvalue weighted by atomic mass is 32.1. The molecule has 0 aliphatic heterocycles. The Kier molecular flexibility index (Phi) is 10.8. The summed E-state index contributed by atoms with van der Waals surface area (Å²) in [6, 6.07) is 8.37. The number of benzene rings is 1. The highest BCUT2D eigenvalue weighted by molar-refractivity contribution is 7.03. The van der Waals surface area contributed by atoms with E-state index < -0.39 is 17.9 Å². The molecule has 1 atom stereocenters. The summed E-state index contributed by atoms with van der Waals surface area (Å²) in [5, 5.41) is 17.3. The van der Waals surface area contributed by atoms with Crippen LogP contribution in [-0.2, 0) is 9.59 Å². The molecule has 0 spiro atoms. The molecule has 0 aliphatic carbocycles. The highest BCUT2D eigenvalue weighted by Crippen LogP contribution is 2.20. The lowest BCUT2D eigenvalue weighted by molar-refractivity contribution is -0.160. The van der Waals surface area contributed by atoms with Crippen molar-refractivity contribution < 1.29 is 19.6 Å². The van der Waals surface area contributed by atoms with Crippen molar-refractivity contribution in [2.75, 3.05) is 6.54 Å². The predicted octanol–water partition coefficient (Wildman–Crippen LogP) is 3.79. The molecule has 1 aromatic heterocycles. The first-order valence-corrected chi connectivity index (χ1v) is 12.1. The molecule has 0 fully saturated rings. The Morgan fingerprint density at radius 2 is 1.82 bits per heavy atom. The van der Waals surface area contributed by atoms with Crippen molar-refractivity contribution >= 4 is 35.3 Å². The first kappa shape index (κ1) is 27.1. The Morgan fingerprint density at radius 3 is 2.38 bits per heavy atom. The number of nitrogens with zero attached hydrogens (tertiary/aromatic N) is 4. The SMILES string of the molecule is CC(C)CCC(=O)N([C@@H](CC=Cc1ccccc1)C(=O)NO)N(CC(C)C)C(=O)c1csnn1. The third kappa shape index (κ3) is 8.03. The van der Waals surface area contributed by atoms with Crippen LogP contribution in [-0.4, -0.2) is 55.1 Å². The van der Waals surface area contributed by atoms with Gasteiger partial charge in [0, 0.05) is 18.3 Å². The summed E-state index contributed by atoms with van der Waals surface area (Å²) < 4.78 is 3.76. The van der Waals surface area contributed by atoms with Crippen LogP contribution in [0.2, 0.25) is 0 Å². The van der Waals surface area contributed by atoms with Gasteiger partial charge in [-0.2, -0.15) is 0 Å². The second-order valence-electron chi connectivity index (χ2n) is 8.78. The number of amides is 3. The highest BCUT2D eigenvalue weighted by Gasteiger charge is 2.37. The quantitative estimate of drug-likeness (QED) is 0.368. The monoisotopic (exact) mass is 487 g/mol. The van der Waals surface area contributed by atoms with Gasteiger partial charge in [0.15, 0.2) is 5.69 Å². The number of aromatic nitrogens is 2. The molecule has 3 amide bonds. The molecule has 1 heterocycles. The summed E-state index contributed by atoms with van der Waals surface area (Å²) in [6.45, 7) is 7.99. The van der Waals surface area contributed by atoms with Crippen molar-refractivity contribution in [2.24, 2.45) is 11.8 Å². The normalized spacial score (nSPS) is 12.2. The average Bonchev–Trinajstić information content (AvgIpc) is 3.35. The molecule has 2 aromatic rings. The second kappa shape index (κ2) is 13.6. The number of carbonyl (C=O) groups is 3. The maximum atomic E-state index is 13.5. The Bertz CT molecular complexity index is 948. The molecular weight excluding hydrogens is 454 g/mol. The van der Waals surface area contributed by atoms with Gasteiger partial charge in [0.05, 0.1) is 0 Å². The van der Waals surface area contributed by atoms with Crippen molar-refractivity contribution in [1.29, 1.82) is 0 Å². The lowest BCUT2D eigenvalue weighted by atomic mass is 10.1. The topological polar surface area (TPSA) is 116 Å². The van der Waals surface area contributed by atoms with Crippen LogP contribution in [0.4, 0.5) is 0 Å². The third-order valence-corrected chi connectivity index (χ3v) is 5.48. The fourth-order valence-corrected chi connectivity index (χ4v) is 3.73. The van der Waals surface area contributed by atoms with Crippen LogP contribution in [0, 0.1) is 11.8 Å². The molecule has 2 rings (SSSR count). The minimum absolute atomic E-state index is 0.00589. The van der Waals surface area contributed by atoms with Gasteiger partial charge in [-0.1, -0.05) is 74.7 Å². The predicted molar refractivity (Wildman–Crippen MR) is 131 cm³/mol. The van der Waals surface area contributed by atoms with E-state index in [1.807, 2.05) is 64.1 Å². The fraction of sp³-hybridized carbons (Fsp3) is 0.458. The van der Waals surface area contributed by atoms with E-state index in [1.54, 1.807) is 11.6 Å². The third-order valence-electron chi connectivity index (χ3n) is 4.98. The van der Waals surface area contributed by atoms with Crippen molar-refractivity contribution in [3.8, 4) is 0 Å². The molecule has 10 heteroatoms. The van der Waals surface area contributed by atoms with Crippen LogP contribution >= 0.6 is 11.5 Å². The number of nitrogens with one attached hydrogen (secondary N) is 1. The van der Waals surface area contributed by atoms with E-state index in [0.717, 1.165) is 17.1 Å². The van der Waals surface area contributed by atoms with Gasteiger partial charge in [-0.15, -0.1) is 5.10 Å². The summed E-state index contributed by atoms with van der Waals surface area (Å²) in [7, 11) is 0. The van der Waals surface area contributed by atoms with Crippen molar-refractivity contribution in [3.63, 3.8) is 0 Å². The van der Waals surface area contributed by atoms with Gasteiger partial charge in [0.2, 0.25) is 5.91 Å². The Labute approximate surface area is 204 Å². The lowest BCUT2D eigenvalue weighted by Crippen LogP contribution is -2.59. The zero-order valence-corrected chi connectivity index (χ0v) is 20.9. The first-order valence-electron chi connectivity index (χ1n) is 11.3. The second-order valence-corrected chi connectivity index (χ2v) is 9.39. The van der Waals surface area contributed by atoms with Gasteiger partial charge in [0.25, 0.3) is 11.8 Å². The van der Waals surface area contributed by atoms with Gasteiger partial charge in [0.1, 0.15) is 6.04 Å². The molecule has 9 nitrogen and oxygen atoms in total. The maximum Gasteiger partial charge on any atom is 0.293 e. The zero-order chi connectivity index (χ0) is 25.1. The van der Waals surface area contributed by atoms with Gasteiger partial charge >= 0.3 is 0 Å². The molecule has 0 saturated heterocycles. The van der Waals surface area contributed by atoms with E-state index in [2.05, 4.69) is 9.59 Å². The minimum atomic E-state index is -1.14. The molecule has 0 radical (unpaired) electrons. The summed E-state index contributed by atoms with van der Waals surface area (Å²) in [4.78, 5) is 39.6. The summed E-state index contributed by atoms with van der Waals surface area (Å²) in [6.07, 6.45) is 4.40. The van der Waals surface area contributed by atoms with Crippen molar-refractivity contribution in [2.45, 2.75) is 53.0 Å². The molecule has 0 bridgehead atoms. The summed E-state index contributed by atoms with van der Waals surface area (Å²) >= 11 is 1.03. The van der Waals surface area contributed by atoms with Crippen LogP contribution in [0.25, 0.3) is 6.08 Å². The van der Waals surface area contributed by atoms with Crippen molar-refractivity contribution in [1.82, 2.24) is 25.1 Å². The van der Waals surface area contributed by atoms with E-state index in [9.17, 15) is 19.6 Å². The number of carbonyl (C=O) groups excluding carboxylic acids is 3. The van der Waals surface area contributed by atoms with Gasteiger partial charge in [-0.25, -0.2) is 15.5 Å². The van der Waals surface area contributed by atoms with E-state index >= 15 is 0 Å². The molecule has 1 aromatic carbocycles. The molecule has 0 unspecified atom stereocenters. The molecule has 184 valence electrons. The fourth-order valence-electron chi connectivity index (χ4n) is 3.30. The smallest absolute Gasteiger partial charge is 0.289 e. The Balaban J connectivity index is 2.46. The summed E-state index contributed by atoms with van der Waals surface area (Å²) in [5.41, 5.74) is 2.68. The lowest BCUT2D eigenvalue weighted by Gasteiger charge is -2.39. The number of hydroxylamine groups is 1. The van der Waals surface area contributed by atoms with Crippen LogP contribution in [0.3, 0.4) is 0 Å². The van der Waals surface area contributed by atoms with Crippen LogP contribution in [0.15, 0.2) is 41.8 Å². The molecule has 2 N–H and O–H groups in total. The van der Waals surface area contributed by atoms with E-state index in [0.29, 0.717) is 6.42 Å². The van der Waals surface area contributed by atoms with Crippen LogP contribution in [0.1, 0.15) is 63.0 Å². The number of rotatable bonds is 11. The summed E-state index contributed by atoms with van der Waals surface area (Å²) in [5.74, 6) is -1.44. The number of hydrogen-bond donors (Lipinski definition) is 2. The van der Waals surface area contributed by atoms with Crippen LogP contribution < -0.4 is 5.48 Å². The minimum Gasteiger partial charge on any atom is -0.289 e. The van der Waals surface area contributed by atoms with Crippen LogP contribution in [0.5, 0.6) is 0 Å². The molecule has 34 heavy (non-hydrogen) atoms. The van der Waals surface area contributed by atoms with Crippen molar-refractivity contribution in [3.05, 3.63) is 53.0 Å². The average molecular weight is 488 g/mol. The zero-order valence-electron chi connectivity index (χ0n) is 20.0. The van der Waals surface area contributed by atoms with E-state index in [4.69, 9.17) is 0 Å². The largest absolute Gasteiger partial charge is 0.293 e. The van der Waals surface area contributed by atoms with Gasteiger partial charge < -0.3 is 0 Å². The Morgan fingerprint density at radius 1 is 1.12 bits per heavy atom. The molecular formula is C24H33N5O4S. The number of hydrogen-bond acceptors (Lipinski definition) is 7. The van der Waals surface area contributed by atoms with E-state index in [1.165, 1.54) is 15.4 Å². The van der Waals surface area contributed by atoms with Gasteiger partial charge in [-0.3, -0.25) is 19.6 Å². The first-order chi connectivity index (χ1) is 16.2. The standard InChI is InChI=1S/C24H33N5O4S/c1-17(2)13-14-22(30)29(28(15-18(3)4)24(32)20-16-34-27-25-20)21(23(31)26-33)12-8-11-19-9-6-5-7-10-19/h5-11,16-18,21,33H,12-15H2,1-4H3,(H,26,31)/t21-/m0/s1. The molecule has 0 aliphatic rings. The van der Waals surface area contributed by atoms with E-state index in [-0.39, 0.29) is 42.8 Å². The maximum absolute atomic E-state index is 13.5. The molecule has 0 saturated carbocycles. The van der Waals surface area contributed by atoms with Gasteiger partial charge in [-0.05, 0) is 41.8 Å². The number of hydrazine groups is 1. The Hall–Kier alpha value is -3.11.